The van der Waals surface area contributed by atoms with E-state index in [1.165, 1.54) is 6.92 Å². The first-order chi connectivity index (χ1) is 7.77. The van der Waals surface area contributed by atoms with Crippen LogP contribution in [0.5, 0.6) is 0 Å². The summed E-state index contributed by atoms with van der Waals surface area (Å²) >= 11 is 0. The SMILES string of the molecule is CCOC(=O)c1cc(S(=O)(=O)Cl)c(F)cc1C. The molecule has 17 heavy (non-hydrogen) atoms. The Morgan fingerprint density at radius 1 is 1.47 bits per heavy atom. The van der Waals surface area contributed by atoms with Gasteiger partial charge in [0.1, 0.15) is 10.7 Å². The summed E-state index contributed by atoms with van der Waals surface area (Å²) in [6, 6.07) is 1.81. The van der Waals surface area contributed by atoms with Crippen LogP contribution in [0.15, 0.2) is 17.0 Å². The topological polar surface area (TPSA) is 60.4 Å². The summed E-state index contributed by atoms with van der Waals surface area (Å²) in [6.07, 6.45) is 0. The molecule has 1 aromatic carbocycles. The number of hydrogen-bond donors (Lipinski definition) is 0. The van der Waals surface area contributed by atoms with E-state index < -0.39 is 25.7 Å². The molecule has 0 saturated heterocycles. The van der Waals surface area contributed by atoms with Gasteiger partial charge in [-0.3, -0.25) is 0 Å². The molecule has 1 rings (SSSR count). The number of esters is 1. The Balaban J connectivity index is 3.39. The highest BCUT2D eigenvalue weighted by molar-refractivity contribution is 8.13. The second kappa shape index (κ2) is 5.01. The van der Waals surface area contributed by atoms with Crippen molar-refractivity contribution >= 4 is 25.7 Å². The average Bonchev–Trinajstić information content (AvgIpc) is 2.15. The number of benzene rings is 1. The smallest absolute Gasteiger partial charge is 0.338 e. The zero-order valence-electron chi connectivity index (χ0n) is 9.16. The molecule has 7 heteroatoms. The van der Waals surface area contributed by atoms with Crippen LogP contribution in [-0.4, -0.2) is 21.0 Å². The van der Waals surface area contributed by atoms with Crippen LogP contribution in [0.3, 0.4) is 0 Å². The minimum Gasteiger partial charge on any atom is -0.462 e. The van der Waals surface area contributed by atoms with E-state index in [1.807, 2.05) is 0 Å². The standard InChI is InChI=1S/C10H10ClFO4S/c1-3-16-10(13)7-5-9(17(11,14)15)8(12)4-6(7)2/h4-5H,3H2,1-2H3. The first-order valence-corrected chi connectivity index (χ1v) is 7.00. The Bertz CT molecular complexity index is 554. The largest absolute Gasteiger partial charge is 0.462 e. The molecular formula is C10H10ClFO4S. The Kier molecular flexibility index (Phi) is 4.11. The molecule has 0 aliphatic heterocycles. The summed E-state index contributed by atoms with van der Waals surface area (Å²) in [5, 5.41) is 0. The molecule has 0 N–H and O–H groups in total. The van der Waals surface area contributed by atoms with Crippen LogP contribution in [0.4, 0.5) is 4.39 Å². The summed E-state index contributed by atoms with van der Waals surface area (Å²) < 4.78 is 40.2. The van der Waals surface area contributed by atoms with E-state index in [9.17, 15) is 17.6 Å². The summed E-state index contributed by atoms with van der Waals surface area (Å²) in [7, 11) is 0.818. The van der Waals surface area contributed by atoms with Crippen molar-refractivity contribution in [1.29, 1.82) is 0 Å². The third-order valence-corrected chi connectivity index (χ3v) is 3.37. The van der Waals surface area contributed by atoms with Gasteiger partial charge < -0.3 is 4.74 Å². The van der Waals surface area contributed by atoms with E-state index in [0.29, 0.717) is 0 Å². The average molecular weight is 281 g/mol. The fourth-order valence-electron chi connectivity index (χ4n) is 1.27. The van der Waals surface area contributed by atoms with Gasteiger partial charge in [-0.15, -0.1) is 0 Å². The Labute approximate surface area is 103 Å². The molecule has 0 aliphatic carbocycles. The molecule has 0 aliphatic rings. The van der Waals surface area contributed by atoms with Gasteiger partial charge in [0.2, 0.25) is 0 Å². The third kappa shape index (κ3) is 3.17. The van der Waals surface area contributed by atoms with Crippen LogP contribution >= 0.6 is 10.7 Å². The molecular weight excluding hydrogens is 271 g/mol. The van der Waals surface area contributed by atoms with Crippen LogP contribution in [0.25, 0.3) is 0 Å². The van der Waals surface area contributed by atoms with E-state index >= 15 is 0 Å². The van der Waals surface area contributed by atoms with Gasteiger partial charge in [0.05, 0.1) is 12.2 Å². The number of ether oxygens (including phenoxy) is 1. The summed E-state index contributed by atoms with van der Waals surface area (Å²) in [6.45, 7) is 3.22. The molecule has 0 heterocycles. The van der Waals surface area contributed by atoms with Gasteiger partial charge >= 0.3 is 5.97 Å². The lowest BCUT2D eigenvalue weighted by Gasteiger charge is -2.07. The maximum atomic E-state index is 13.4. The van der Waals surface area contributed by atoms with Crippen LogP contribution < -0.4 is 0 Å². The normalized spacial score (nSPS) is 11.3. The second-order valence-corrected chi connectivity index (χ2v) is 5.79. The van der Waals surface area contributed by atoms with Crippen molar-refractivity contribution in [2.45, 2.75) is 18.7 Å². The van der Waals surface area contributed by atoms with Crippen molar-refractivity contribution in [2.24, 2.45) is 0 Å². The summed E-state index contributed by atoms with van der Waals surface area (Å²) in [5.41, 5.74) is 0.262. The van der Waals surface area contributed by atoms with Gasteiger partial charge in [-0.2, -0.15) is 0 Å². The monoisotopic (exact) mass is 280 g/mol. The number of aryl methyl sites for hydroxylation is 1. The fraction of sp³-hybridized carbons (Fsp3) is 0.300. The van der Waals surface area contributed by atoms with Crippen LogP contribution in [0.2, 0.25) is 0 Å². The first-order valence-electron chi connectivity index (χ1n) is 4.69. The van der Waals surface area contributed by atoms with Crippen molar-refractivity contribution in [3.8, 4) is 0 Å². The molecule has 0 radical (unpaired) electrons. The molecule has 0 aromatic heterocycles. The van der Waals surface area contributed by atoms with Crippen molar-refractivity contribution in [1.82, 2.24) is 0 Å². The zero-order valence-corrected chi connectivity index (χ0v) is 10.7. The number of halogens is 2. The van der Waals surface area contributed by atoms with Crippen LogP contribution in [0, 0.1) is 12.7 Å². The number of hydrogen-bond acceptors (Lipinski definition) is 4. The third-order valence-electron chi connectivity index (χ3n) is 2.04. The predicted molar refractivity (Wildman–Crippen MR) is 60.1 cm³/mol. The quantitative estimate of drug-likeness (QED) is 0.629. The second-order valence-electron chi connectivity index (χ2n) is 3.26. The van der Waals surface area contributed by atoms with E-state index in [4.69, 9.17) is 15.4 Å². The first kappa shape index (κ1) is 13.9. The molecule has 1 aromatic rings. The maximum Gasteiger partial charge on any atom is 0.338 e. The van der Waals surface area contributed by atoms with Crippen molar-refractivity contribution < 1.29 is 22.3 Å². The number of rotatable bonds is 3. The number of carbonyl (C=O) groups excluding carboxylic acids is 1. The molecule has 4 nitrogen and oxygen atoms in total. The van der Waals surface area contributed by atoms with Gasteiger partial charge in [0.15, 0.2) is 0 Å². The van der Waals surface area contributed by atoms with Gasteiger partial charge in [-0.1, -0.05) is 0 Å². The van der Waals surface area contributed by atoms with Gasteiger partial charge in [-0.25, -0.2) is 17.6 Å². The van der Waals surface area contributed by atoms with Crippen LogP contribution in [-0.2, 0) is 13.8 Å². The molecule has 0 fully saturated rings. The lowest BCUT2D eigenvalue weighted by molar-refractivity contribution is 0.0525. The van der Waals surface area contributed by atoms with E-state index in [0.717, 1.165) is 12.1 Å². The van der Waals surface area contributed by atoms with Gasteiger partial charge in [0.25, 0.3) is 9.05 Å². The van der Waals surface area contributed by atoms with Gasteiger partial charge in [0, 0.05) is 10.7 Å². The molecule has 0 amide bonds. The predicted octanol–water partition coefficient (Wildman–Crippen LogP) is 2.24. The van der Waals surface area contributed by atoms with Crippen molar-refractivity contribution in [2.75, 3.05) is 6.61 Å². The van der Waals surface area contributed by atoms with Crippen molar-refractivity contribution in [3.63, 3.8) is 0 Å². The molecule has 0 spiro atoms. The van der Waals surface area contributed by atoms with Crippen molar-refractivity contribution in [3.05, 3.63) is 29.1 Å². The Morgan fingerprint density at radius 3 is 2.53 bits per heavy atom. The minimum absolute atomic E-state index is 0.0209. The van der Waals surface area contributed by atoms with E-state index in [1.54, 1.807) is 6.92 Å². The van der Waals surface area contributed by atoms with E-state index in [-0.39, 0.29) is 17.7 Å². The molecule has 0 atom stereocenters. The summed E-state index contributed by atoms with van der Waals surface area (Å²) in [5.74, 6) is -1.71. The highest BCUT2D eigenvalue weighted by Crippen LogP contribution is 2.23. The van der Waals surface area contributed by atoms with E-state index in [2.05, 4.69) is 0 Å². The van der Waals surface area contributed by atoms with Gasteiger partial charge in [-0.05, 0) is 31.5 Å². The zero-order chi connectivity index (χ0) is 13.2. The molecule has 94 valence electrons. The minimum atomic E-state index is -4.23. The lowest BCUT2D eigenvalue weighted by atomic mass is 10.1. The highest BCUT2D eigenvalue weighted by atomic mass is 35.7. The maximum absolute atomic E-state index is 13.4. The fourth-order valence-corrected chi connectivity index (χ4v) is 2.17. The molecule has 0 unspecified atom stereocenters. The lowest BCUT2D eigenvalue weighted by Crippen LogP contribution is -2.09. The highest BCUT2D eigenvalue weighted by Gasteiger charge is 2.21. The number of carbonyl (C=O) groups is 1. The summed E-state index contributed by atoms with van der Waals surface area (Å²) in [4.78, 5) is 10.7. The van der Waals surface area contributed by atoms with Crippen LogP contribution in [0.1, 0.15) is 22.8 Å². The molecule has 0 saturated carbocycles. The Morgan fingerprint density at radius 2 is 2.06 bits per heavy atom. The Hall–Kier alpha value is -1.14. The molecule has 0 bridgehead atoms.